The van der Waals surface area contributed by atoms with Gasteiger partial charge in [-0.3, -0.25) is 0 Å². The van der Waals surface area contributed by atoms with Crippen LogP contribution in [-0.2, 0) is 0 Å². The van der Waals surface area contributed by atoms with Crippen LogP contribution >= 0.6 is 0 Å². The summed E-state index contributed by atoms with van der Waals surface area (Å²) in [6, 6.07) is 2.62. The first kappa shape index (κ1) is 13.6. The smallest absolute Gasteiger partial charge is 0.145 e. The molecule has 20 heavy (non-hydrogen) atoms. The second-order valence-corrected chi connectivity index (χ2v) is 5.97. The van der Waals surface area contributed by atoms with Crippen LogP contribution in [0.1, 0.15) is 63.6 Å². The van der Waals surface area contributed by atoms with Crippen molar-refractivity contribution in [3.05, 3.63) is 11.9 Å². The molecule has 0 radical (unpaired) electrons. The highest BCUT2D eigenvalue weighted by Crippen LogP contribution is 2.39. The van der Waals surface area contributed by atoms with E-state index in [2.05, 4.69) is 22.2 Å². The summed E-state index contributed by atoms with van der Waals surface area (Å²) in [5.74, 6) is 8.87. The average molecular weight is 275 g/mol. The number of nitrogen functional groups attached to an aromatic ring is 1. The maximum Gasteiger partial charge on any atom is 0.145 e. The molecule has 1 aromatic rings. The molecule has 1 aromatic heterocycles. The van der Waals surface area contributed by atoms with E-state index in [-0.39, 0.29) is 0 Å². The standard InChI is InChI=1S/C15H25N5/c1-2-20(12-6-4-3-5-7-12)14-10-13(19-16)17-15(18-14)11-8-9-11/h10-12H,2-9,16H2,1H3,(H,17,18,19). The molecule has 1 heterocycles. The lowest BCUT2D eigenvalue weighted by Gasteiger charge is -2.34. The third-order valence-corrected chi connectivity index (χ3v) is 4.47. The number of nitrogens with one attached hydrogen (secondary N) is 1. The Morgan fingerprint density at radius 2 is 1.95 bits per heavy atom. The molecule has 2 saturated carbocycles. The molecule has 0 aliphatic heterocycles. The Balaban J connectivity index is 1.87. The molecule has 3 rings (SSSR count). The molecular formula is C15H25N5. The van der Waals surface area contributed by atoms with Crippen molar-refractivity contribution in [3.8, 4) is 0 Å². The second-order valence-electron chi connectivity index (χ2n) is 5.97. The Kier molecular flexibility index (Phi) is 4.05. The van der Waals surface area contributed by atoms with E-state index in [9.17, 15) is 0 Å². The van der Waals surface area contributed by atoms with Crippen LogP contribution in [0.4, 0.5) is 11.6 Å². The van der Waals surface area contributed by atoms with E-state index in [0.717, 1.165) is 24.0 Å². The summed E-state index contributed by atoms with van der Waals surface area (Å²) in [7, 11) is 0. The zero-order valence-corrected chi connectivity index (χ0v) is 12.3. The zero-order chi connectivity index (χ0) is 13.9. The Morgan fingerprint density at radius 3 is 2.55 bits per heavy atom. The van der Waals surface area contributed by atoms with Crippen molar-refractivity contribution in [3.63, 3.8) is 0 Å². The van der Waals surface area contributed by atoms with Gasteiger partial charge in [0.1, 0.15) is 17.5 Å². The summed E-state index contributed by atoms with van der Waals surface area (Å²) in [6.07, 6.45) is 9.03. The van der Waals surface area contributed by atoms with Crippen molar-refractivity contribution in [2.45, 2.75) is 63.8 Å². The normalized spacial score (nSPS) is 19.9. The molecule has 0 amide bonds. The van der Waals surface area contributed by atoms with Gasteiger partial charge in [-0.25, -0.2) is 15.8 Å². The van der Waals surface area contributed by atoms with Gasteiger partial charge in [-0.1, -0.05) is 19.3 Å². The van der Waals surface area contributed by atoms with Gasteiger partial charge >= 0.3 is 0 Å². The first-order valence-corrected chi connectivity index (χ1v) is 7.94. The van der Waals surface area contributed by atoms with Crippen LogP contribution in [0, 0.1) is 0 Å². The summed E-state index contributed by atoms with van der Waals surface area (Å²) < 4.78 is 0. The van der Waals surface area contributed by atoms with Crippen LogP contribution in [0.25, 0.3) is 0 Å². The van der Waals surface area contributed by atoms with E-state index in [1.54, 1.807) is 0 Å². The number of hydrazine groups is 1. The summed E-state index contributed by atoms with van der Waals surface area (Å²) in [5.41, 5.74) is 2.69. The first-order valence-electron chi connectivity index (χ1n) is 7.94. The van der Waals surface area contributed by atoms with Gasteiger partial charge in [0.25, 0.3) is 0 Å². The fourth-order valence-electron chi connectivity index (χ4n) is 3.20. The van der Waals surface area contributed by atoms with Crippen molar-refractivity contribution in [1.82, 2.24) is 9.97 Å². The topological polar surface area (TPSA) is 67.1 Å². The maximum absolute atomic E-state index is 5.57. The predicted octanol–water partition coefficient (Wildman–Crippen LogP) is 2.80. The van der Waals surface area contributed by atoms with Crippen molar-refractivity contribution in [1.29, 1.82) is 0 Å². The molecular weight excluding hydrogens is 250 g/mol. The SMILES string of the molecule is CCN(c1cc(NN)nc(C2CC2)n1)C1CCCCC1. The molecule has 5 nitrogen and oxygen atoms in total. The van der Waals surface area contributed by atoms with Crippen LogP contribution in [-0.4, -0.2) is 22.6 Å². The highest BCUT2D eigenvalue weighted by molar-refractivity contribution is 5.50. The Bertz CT molecular complexity index is 452. The van der Waals surface area contributed by atoms with E-state index in [1.807, 2.05) is 6.07 Å². The molecule has 5 heteroatoms. The molecule has 2 aliphatic carbocycles. The van der Waals surface area contributed by atoms with Gasteiger partial charge in [0, 0.05) is 24.6 Å². The third kappa shape index (κ3) is 2.87. The number of anilines is 2. The number of hydrogen-bond donors (Lipinski definition) is 2. The zero-order valence-electron chi connectivity index (χ0n) is 12.3. The molecule has 0 unspecified atom stereocenters. The summed E-state index contributed by atoms with van der Waals surface area (Å²) in [4.78, 5) is 11.7. The fourth-order valence-corrected chi connectivity index (χ4v) is 3.20. The van der Waals surface area contributed by atoms with Gasteiger partial charge in [-0.05, 0) is 32.6 Å². The van der Waals surface area contributed by atoms with E-state index >= 15 is 0 Å². The van der Waals surface area contributed by atoms with Gasteiger partial charge < -0.3 is 10.3 Å². The number of hydrogen-bond acceptors (Lipinski definition) is 5. The Hall–Kier alpha value is -1.36. The molecule has 0 aromatic carbocycles. The average Bonchev–Trinajstić information content (AvgIpc) is 3.33. The molecule has 3 N–H and O–H groups in total. The van der Waals surface area contributed by atoms with Gasteiger partial charge in [0.2, 0.25) is 0 Å². The minimum Gasteiger partial charge on any atom is -0.354 e. The van der Waals surface area contributed by atoms with E-state index in [0.29, 0.717) is 12.0 Å². The minimum absolute atomic E-state index is 0.548. The molecule has 0 bridgehead atoms. The van der Waals surface area contributed by atoms with Crippen molar-refractivity contribution in [2.24, 2.45) is 5.84 Å². The van der Waals surface area contributed by atoms with Crippen molar-refractivity contribution < 1.29 is 0 Å². The lowest BCUT2D eigenvalue weighted by molar-refractivity contribution is 0.416. The largest absolute Gasteiger partial charge is 0.354 e. The number of nitrogens with two attached hydrogens (primary N) is 1. The predicted molar refractivity (Wildman–Crippen MR) is 81.7 cm³/mol. The fraction of sp³-hybridized carbons (Fsp3) is 0.733. The first-order chi connectivity index (χ1) is 9.81. The lowest BCUT2D eigenvalue weighted by Crippen LogP contribution is -2.37. The van der Waals surface area contributed by atoms with Crippen LogP contribution in [0.3, 0.4) is 0 Å². The van der Waals surface area contributed by atoms with Crippen LogP contribution in [0.2, 0.25) is 0 Å². The highest BCUT2D eigenvalue weighted by Gasteiger charge is 2.29. The van der Waals surface area contributed by atoms with Gasteiger partial charge in [0.15, 0.2) is 0 Å². The molecule has 2 fully saturated rings. The quantitative estimate of drug-likeness (QED) is 0.639. The Morgan fingerprint density at radius 1 is 1.20 bits per heavy atom. The number of rotatable bonds is 5. The van der Waals surface area contributed by atoms with E-state index in [4.69, 9.17) is 10.8 Å². The molecule has 2 aliphatic rings. The number of aromatic nitrogens is 2. The van der Waals surface area contributed by atoms with Crippen LogP contribution in [0.5, 0.6) is 0 Å². The molecule has 0 spiro atoms. The monoisotopic (exact) mass is 275 g/mol. The highest BCUT2D eigenvalue weighted by atomic mass is 15.3. The van der Waals surface area contributed by atoms with Crippen LogP contribution < -0.4 is 16.2 Å². The van der Waals surface area contributed by atoms with Gasteiger partial charge in [0.05, 0.1) is 0 Å². The van der Waals surface area contributed by atoms with Crippen molar-refractivity contribution in [2.75, 3.05) is 16.9 Å². The molecule has 110 valence electrons. The summed E-state index contributed by atoms with van der Waals surface area (Å²) in [5, 5.41) is 0. The summed E-state index contributed by atoms with van der Waals surface area (Å²) >= 11 is 0. The number of nitrogens with zero attached hydrogens (tertiary/aromatic N) is 3. The second kappa shape index (κ2) is 5.95. The van der Waals surface area contributed by atoms with E-state index < -0.39 is 0 Å². The van der Waals surface area contributed by atoms with Gasteiger partial charge in [-0.15, -0.1) is 0 Å². The van der Waals surface area contributed by atoms with Gasteiger partial charge in [-0.2, -0.15) is 0 Å². The molecule has 0 saturated heterocycles. The third-order valence-electron chi connectivity index (χ3n) is 4.47. The van der Waals surface area contributed by atoms with E-state index in [1.165, 1.54) is 44.9 Å². The Labute approximate surface area is 120 Å². The van der Waals surface area contributed by atoms with Crippen molar-refractivity contribution >= 4 is 11.6 Å². The van der Waals surface area contributed by atoms with Crippen LogP contribution in [0.15, 0.2) is 6.07 Å². The molecule has 0 atom stereocenters. The minimum atomic E-state index is 0.548. The summed E-state index contributed by atoms with van der Waals surface area (Å²) in [6.45, 7) is 3.21. The lowest BCUT2D eigenvalue weighted by atomic mass is 9.94. The maximum atomic E-state index is 5.57.